The quantitative estimate of drug-likeness (QED) is 0.545. The Hall–Kier alpha value is -2.50. The molecule has 0 radical (unpaired) electrons. The predicted molar refractivity (Wildman–Crippen MR) is 113 cm³/mol. The molecule has 2 bridgehead atoms. The summed E-state index contributed by atoms with van der Waals surface area (Å²) in [5.41, 5.74) is 0.507. The minimum Gasteiger partial charge on any atom is -0.337 e. The van der Waals surface area contributed by atoms with E-state index >= 15 is 0 Å². The molecule has 1 aromatic rings. The molecule has 31 heavy (non-hydrogen) atoms. The van der Waals surface area contributed by atoms with Gasteiger partial charge in [0.2, 0.25) is 17.7 Å². The van der Waals surface area contributed by atoms with E-state index in [9.17, 15) is 18.8 Å². The average Bonchev–Trinajstić information content (AvgIpc) is 3.40. The molecule has 2 aliphatic heterocycles. The van der Waals surface area contributed by atoms with E-state index in [1.165, 1.54) is 17.0 Å². The maximum atomic E-state index is 14.1. The van der Waals surface area contributed by atoms with Crippen molar-refractivity contribution in [1.82, 2.24) is 9.80 Å². The summed E-state index contributed by atoms with van der Waals surface area (Å²) in [6.45, 7) is 4.09. The molecule has 6 heteroatoms. The summed E-state index contributed by atoms with van der Waals surface area (Å²) in [6, 6.07) is 5.44. The van der Waals surface area contributed by atoms with Gasteiger partial charge in [0.1, 0.15) is 5.82 Å². The van der Waals surface area contributed by atoms with Gasteiger partial charge < -0.3 is 4.90 Å². The number of likely N-dealkylation sites (tertiary alicyclic amines) is 2. The smallest absolute Gasteiger partial charge is 0.234 e. The van der Waals surface area contributed by atoms with Crippen LogP contribution in [0.3, 0.4) is 0 Å². The maximum Gasteiger partial charge on any atom is 0.234 e. The minimum atomic E-state index is -0.769. The molecule has 3 fully saturated rings. The van der Waals surface area contributed by atoms with E-state index in [0.717, 1.165) is 25.7 Å². The van der Waals surface area contributed by atoms with Crippen LogP contribution in [0.1, 0.15) is 57.6 Å². The minimum absolute atomic E-state index is 0.00217. The van der Waals surface area contributed by atoms with E-state index in [1.54, 1.807) is 12.1 Å². The first-order valence-corrected chi connectivity index (χ1v) is 11.5. The Labute approximate surface area is 182 Å². The molecule has 1 saturated carbocycles. The van der Waals surface area contributed by atoms with Crippen molar-refractivity contribution >= 4 is 17.7 Å². The van der Waals surface area contributed by atoms with Gasteiger partial charge in [0.05, 0.1) is 24.3 Å². The van der Waals surface area contributed by atoms with Crippen LogP contribution in [0, 0.1) is 29.5 Å². The SMILES string of the molecule is CC1CCCC(C)N1C(=O)CC(c1cccc(F)c1)N1C(=O)C2C3C=CC(C3)C2C1=O. The van der Waals surface area contributed by atoms with Gasteiger partial charge in [-0.3, -0.25) is 19.3 Å². The van der Waals surface area contributed by atoms with Crippen LogP contribution < -0.4 is 0 Å². The number of imide groups is 1. The van der Waals surface area contributed by atoms with Crippen LogP contribution in [0.2, 0.25) is 0 Å². The molecule has 2 aliphatic carbocycles. The highest BCUT2D eigenvalue weighted by Crippen LogP contribution is 2.54. The second-order valence-electron chi connectivity index (χ2n) is 9.75. The predicted octanol–water partition coefficient (Wildman–Crippen LogP) is 3.85. The van der Waals surface area contributed by atoms with Crippen LogP contribution in [-0.2, 0) is 14.4 Å². The number of rotatable bonds is 4. The molecule has 2 heterocycles. The highest BCUT2D eigenvalue weighted by Gasteiger charge is 2.60. The molecule has 1 aromatic carbocycles. The summed E-state index contributed by atoms with van der Waals surface area (Å²) in [5, 5.41) is 0. The molecule has 7 unspecified atom stereocenters. The summed E-state index contributed by atoms with van der Waals surface area (Å²) in [4.78, 5) is 43.5. The van der Waals surface area contributed by atoms with E-state index in [4.69, 9.17) is 0 Å². The summed E-state index contributed by atoms with van der Waals surface area (Å²) in [7, 11) is 0. The number of carbonyl (C=O) groups is 3. The number of hydrogen-bond acceptors (Lipinski definition) is 3. The van der Waals surface area contributed by atoms with Crippen molar-refractivity contribution in [1.29, 1.82) is 0 Å². The highest BCUT2D eigenvalue weighted by atomic mass is 19.1. The maximum absolute atomic E-state index is 14.1. The molecule has 0 N–H and O–H groups in total. The van der Waals surface area contributed by atoms with E-state index in [0.29, 0.717) is 5.56 Å². The third-order valence-electron chi connectivity index (χ3n) is 7.90. The molecule has 3 amide bonds. The summed E-state index contributed by atoms with van der Waals surface area (Å²) in [6.07, 6.45) is 7.94. The van der Waals surface area contributed by atoms with Gasteiger partial charge in [-0.2, -0.15) is 0 Å². The van der Waals surface area contributed by atoms with Crippen molar-refractivity contribution in [2.24, 2.45) is 23.7 Å². The van der Waals surface area contributed by atoms with Crippen LogP contribution in [0.25, 0.3) is 0 Å². The fourth-order valence-corrected chi connectivity index (χ4v) is 6.49. The number of carbonyl (C=O) groups excluding carboxylic acids is 3. The second-order valence-corrected chi connectivity index (χ2v) is 9.75. The van der Waals surface area contributed by atoms with Gasteiger partial charge >= 0.3 is 0 Å². The van der Waals surface area contributed by atoms with Gasteiger partial charge in [-0.05, 0) is 69.1 Å². The molecule has 164 valence electrons. The lowest BCUT2D eigenvalue weighted by Gasteiger charge is -2.40. The summed E-state index contributed by atoms with van der Waals surface area (Å²) in [5.74, 6) is -1.38. The molecule has 0 spiro atoms. The van der Waals surface area contributed by atoms with Crippen LogP contribution >= 0.6 is 0 Å². The first-order valence-electron chi connectivity index (χ1n) is 11.5. The molecule has 4 aliphatic rings. The van der Waals surface area contributed by atoms with E-state index in [-0.39, 0.29) is 59.9 Å². The molecular formula is C25H29FN2O3. The van der Waals surface area contributed by atoms with E-state index < -0.39 is 11.9 Å². The number of allylic oxidation sites excluding steroid dienone is 2. The lowest BCUT2D eigenvalue weighted by atomic mass is 9.85. The van der Waals surface area contributed by atoms with Crippen molar-refractivity contribution in [3.63, 3.8) is 0 Å². The van der Waals surface area contributed by atoms with Gasteiger partial charge in [0.15, 0.2) is 0 Å². The second kappa shape index (κ2) is 7.57. The van der Waals surface area contributed by atoms with Crippen molar-refractivity contribution in [2.75, 3.05) is 0 Å². The van der Waals surface area contributed by atoms with Crippen LogP contribution in [0.5, 0.6) is 0 Å². The number of piperidine rings is 1. The van der Waals surface area contributed by atoms with E-state index in [1.807, 2.05) is 18.7 Å². The Balaban J connectivity index is 1.48. The zero-order valence-corrected chi connectivity index (χ0v) is 18.0. The average molecular weight is 425 g/mol. The first-order chi connectivity index (χ1) is 14.9. The van der Waals surface area contributed by atoms with Gasteiger partial charge in [0, 0.05) is 12.1 Å². The molecule has 2 saturated heterocycles. The van der Waals surface area contributed by atoms with Gasteiger partial charge in [-0.25, -0.2) is 4.39 Å². The molecule has 5 rings (SSSR count). The zero-order chi connectivity index (χ0) is 21.9. The largest absolute Gasteiger partial charge is 0.337 e. The van der Waals surface area contributed by atoms with Crippen LogP contribution in [0.4, 0.5) is 4.39 Å². The van der Waals surface area contributed by atoms with Crippen molar-refractivity contribution < 1.29 is 18.8 Å². The number of amides is 3. The van der Waals surface area contributed by atoms with Crippen molar-refractivity contribution in [2.45, 2.75) is 64.1 Å². The first kappa shape index (κ1) is 20.4. The highest BCUT2D eigenvalue weighted by molar-refractivity contribution is 6.07. The van der Waals surface area contributed by atoms with Crippen molar-refractivity contribution in [3.8, 4) is 0 Å². The summed E-state index contributed by atoms with van der Waals surface area (Å²) < 4.78 is 14.1. The Bertz CT molecular complexity index is 920. The standard InChI is InChI=1S/C25H29FN2O3/c1-14-5-3-6-15(2)27(14)21(29)13-20(16-7-4-8-19(26)12-16)28-24(30)22-17-9-10-18(11-17)23(22)25(28)31/h4,7-10,12,14-15,17-18,20,22-23H,3,5-6,11,13H2,1-2H3. The number of nitrogens with zero attached hydrogens (tertiary/aromatic N) is 2. The Morgan fingerprint density at radius 2 is 1.68 bits per heavy atom. The van der Waals surface area contributed by atoms with E-state index in [2.05, 4.69) is 12.2 Å². The number of fused-ring (bicyclic) bond motifs is 5. The van der Waals surface area contributed by atoms with Gasteiger partial charge in [0.25, 0.3) is 0 Å². The van der Waals surface area contributed by atoms with Crippen molar-refractivity contribution in [3.05, 3.63) is 47.8 Å². The summed E-state index contributed by atoms with van der Waals surface area (Å²) >= 11 is 0. The normalized spacial score (nSPS) is 35.1. The topological polar surface area (TPSA) is 57.7 Å². The molecule has 5 nitrogen and oxygen atoms in total. The number of halogens is 1. The van der Waals surface area contributed by atoms with Crippen LogP contribution in [-0.4, -0.2) is 39.6 Å². The number of benzene rings is 1. The third-order valence-corrected chi connectivity index (χ3v) is 7.90. The lowest BCUT2D eigenvalue weighted by molar-refractivity contribution is -0.146. The lowest BCUT2D eigenvalue weighted by Crippen LogP contribution is -2.49. The zero-order valence-electron chi connectivity index (χ0n) is 18.0. The molecule has 0 aromatic heterocycles. The fraction of sp³-hybridized carbons (Fsp3) is 0.560. The Kier molecular flexibility index (Phi) is 4.98. The molecular weight excluding hydrogens is 395 g/mol. The fourth-order valence-electron chi connectivity index (χ4n) is 6.49. The van der Waals surface area contributed by atoms with Gasteiger partial charge in [-0.1, -0.05) is 24.3 Å². The van der Waals surface area contributed by atoms with Gasteiger partial charge in [-0.15, -0.1) is 0 Å². The Morgan fingerprint density at radius 3 is 2.26 bits per heavy atom. The third kappa shape index (κ3) is 3.22. The monoisotopic (exact) mass is 424 g/mol. The number of hydrogen-bond donors (Lipinski definition) is 0. The van der Waals surface area contributed by atoms with Crippen LogP contribution in [0.15, 0.2) is 36.4 Å². The molecule has 7 atom stereocenters. The Morgan fingerprint density at radius 1 is 1.06 bits per heavy atom.